The molecule has 1 N–H and O–H groups in total. The van der Waals surface area contributed by atoms with Crippen LogP contribution in [-0.2, 0) is 4.79 Å². The average molecular weight is 386 g/mol. The van der Waals surface area contributed by atoms with Crippen molar-refractivity contribution in [3.63, 3.8) is 0 Å². The van der Waals surface area contributed by atoms with Crippen LogP contribution >= 0.6 is 0 Å². The first kappa shape index (κ1) is 19.8. The van der Waals surface area contributed by atoms with E-state index in [9.17, 15) is 19.1 Å². The highest BCUT2D eigenvalue weighted by atomic mass is 19.1. The molecule has 1 atom stereocenters. The third-order valence-electron chi connectivity index (χ3n) is 5.04. The van der Waals surface area contributed by atoms with Crippen molar-refractivity contribution in [3.05, 3.63) is 71.1 Å². The zero-order valence-corrected chi connectivity index (χ0v) is 15.9. The summed E-state index contributed by atoms with van der Waals surface area (Å²) >= 11 is 0. The van der Waals surface area contributed by atoms with E-state index in [1.165, 1.54) is 41.5 Å². The molecular formula is C21H23FN2O4. The van der Waals surface area contributed by atoms with Gasteiger partial charge in [-0.15, -0.1) is 0 Å². The van der Waals surface area contributed by atoms with Crippen molar-refractivity contribution >= 4 is 11.7 Å². The normalized spacial score (nSPS) is 17.1. The van der Waals surface area contributed by atoms with Crippen LogP contribution in [0.5, 0.6) is 0 Å². The average Bonchev–Trinajstić information content (AvgIpc) is 3.31. The molecule has 1 aromatic carbocycles. The molecule has 1 aliphatic heterocycles. The fraction of sp³-hybridized carbons (Fsp3) is 0.333. The van der Waals surface area contributed by atoms with E-state index in [1.54, 1.807) is 6.07 Å². The lowest BCUT2D eigenvalue weighted by Gasteiger charge is -2.29. The smallest absolute Gasteiger partial charge is 0.290 e. The predicted molar refractivity (Wildman–Crippen MR) is 101 cm³/mol. The molecule has 0 saturated heterocycles. The first-order valence-corrected chi connectivity index (χ1v) is 9.28. The molecule has 6 nitrogen and oxygen atoms in total. The number of amides is 1. The second-order valence-electron chi connectivity index (χ2n) is 6.52. The molecule has 7 heteroatoms. The summed E-state index contributed by atoms with van der Waals surface area (Å²) in [6.45, 7) is 6.38. The van der Waals surface area contributed by atoms with Crippen LogP contribution in [0.2, 0.25) is 0 Å². The van der Waals surface area contributed by atoms with Crippen LogP contribution in [0.25, 0.3) is 0 Å². The molecule has 0 radical (unpaired) electrons. The number of rotatable bonds is 8. The summed E-state index contributed by atoms with van der Waals surface area (Å²) in [7, 11) is 0. The van der Waals surface area contributed by atoms with Crippen molar-refractivity contribution in [2.75, 3.05) is 26.2 Å². The number of carbonyl (C=O) groups excluding carboxylic acids is 2. The fourth-order valence-corrected chi connectivity index (χ4v) is 3.47. The number of Topliss-reactive ketones (excluding diaryl/α,β-unsaturated/α-hetero) is 1. The quantitative estimate of drug-likeness (QED) is 0.705. The molecular weight excluding hydrogens is 363 g/mol. The molecule has 0 saturated carbocycles. The van der Waals surface area contributed by atoms with Gasteiger partial charge >= 0.3 is 0 Å². The standard InChI is InChI=1S/C21H23FN2O4/c1-3-23(4-2)11-12-24-18(14-8-5-6-9-15(14)22)17(20(26)21(24)27)19(25)16-10-7-13-28-16/h5-10,13,18,26H,3-4,11-12H2,1-2H3. The molecule has 1 amide bonds. The highest BCUT2D eigenvalue weighted by Crippen LogP contribution is 2.39. The Morgan fingerprint density at radius 1 is 1.21 bits per heavy atom. The molecule has 1 unspecified atom stereocenters. The van der Waals surface area contributed by atoms with Crippen molar-refractivity contribution in [3.8, 4) is 0 Å². The van der Waals surface area contributed by atoms with Crippen molar-refractivity contribution < 1.29 is 23.5 Å². The third kappa shape index (κ3) is 3.57. The van der Waals surface area contributed by atoms with Gasteiger partial charge in [0, 0.05) is 18.7 Å². The number of furan rings is 1. The summed E-state index contributed by atoms with van der Waals surface area (Å²) in [4.78, 5) is 29.2. The monoisotopic (exact) mass is 386 g/mol. The maximum absolute atomic E-state index is 14.6. The fourth-order valence-electron chi connectivity index (χ4n) is 3.47. The van der Waals surface area contributed by atoms with E-state index < -0.39 is 29.3 Å². The van der Waals surface area contributed by atoms with Gasteiger partial charge in [0.2, 0.25) is 5.78 Å². The van der Waals surface area contributed by atoms with E-state index in [4.69, 9.17) is 4.42 Å². The zero-order chi connectivity index (χ0) is 20.3. The van der Waals surface area contributed by atoms with E-state index in [0.717, 1.165) is 13.1 Å². The van der Waals surface area contributed by atoms with E-state index in [1.807, 2.05) is 13.8 Å². The molecule has 2 heterocycles. The number of likely N-dealkylation sites (N-methyl/N-ethyl adjacent to an activating group) is 1. The van der Waals surface area contributed by atoms with Crippen LogP contribution in [0.3, 0.4) is 0 Å². The van der Waals surface area contributed by atoms with Gasteiger partial charge < -0.3 is 19.3 Å². The minimum absolute atomic E-state index is 0.0127. The number of halogens is 1. The van der Waals surface area contributed by atoms with Crippen molar-refractivity contribution in [2.45, 2.75) is 19.9 Å². The Kier molecular flexibility index (Phi) is 5.94. The molecule has 3 rings (SSSR count). The number of nitrogens with zero attached hydrogens (tertiary/aromatic N) is 2. The number of hydrogen-bond acceptors (Lipinski definition) is 5. The maximum atomic E-state index is 14.6. The largest absolute Gasteiger partial charge is 0.503 e. The summed E-state index contributed by atoms with van der Waals surface area (Å²) in [5, 5.41) is 10.5. The number of aliphatic hydroxyl groups excluding tert-OH is 1. The van der Waals surface area contributed by atoms with Crippen LogP contribution in [0.15, 0.2) is 58.4 Å². The lowest BCUT2D eigenvalue weighted by Crippen LogP contribution is -2.39. The van der Waals surface area contributed by atoms with Crippen molar-refractivity contribution in [2.24, 2.45) is 0 Å². The molecule has 0 aliphatic carbocycles. The minimum atomic E-state index is -1.01. The maximum Gasteiger partial charge on any atom is 0.290 e. The molecule has 0 fully saturated rings. The predicted octanol–water partition coefficient (Wildman–Crippen LogP) is 3.34. The van der Waals surface area contributed by atoms with Gasteiger partial charge in [-0.25, -0.2) is 4.39 Å². The Hall–Kier alpha value is -2.93. The Morgan fingerprint density at radius 2 is 1.93 bits per heavy atom. The number of ketones is 1. The lowest BCUT2D eigenvalue weighted by molar-refractivity contribution is -0.129. The number of aliphatic hydroxyl groups is 1. The van der Waals surface area contributed by atoms with Crippen LogP contribution in [0.4, 0.5) is 4.39 Å². The van der Waals surface area contributed by atoms with Crippen molar-refractivity contribution in [1.82, 2.24) is 9.80 Å². The van der Waals surface area contributed by atoms with Gasteiger partial charge in [0.05, 0.1) is 17.9 Å². The summed E-state index contributed by atoms with van der Waals surface area (Å²) in [5.41, 5.74) is -0.000972. The van der Waals surface area contributed by atoms with E-state index in [-0.39, 0.29) is 23.4 Å². The summed E-state index contributed by atoms with van der Waals surface area (Å²) < 4.78 is 19.7. The van der Waals surface area contributed by atoms with Crippen LogP contribution in [-0.4, -0.2) is 52.8 Å². The van der Waals surface area contributed by atoms with E-state index >= 15 is 0 Å². The second-order valence-corrected chi connectivity index (χ2v) is 6.52. The third-order valence-corrected chi connectivity index (χ3v) is 5.04. The van der Waals surface area contributed by atoms with Crippen LogP contribution in [0.1, 0.15) is 36.0 Å². The molecule has 2 aromatic rings. The van der Waals surface area contributed by atoms with Gasteiger partial charge in [-0.05, 0) is 31.3 Å². The van der Waals surface area contributed by atoms with Gasteiger partial charge in [0.1, 0.15) is 5.82 Å². The molecule has 0 spiro atoms. The lowest BCUT2D eigenvalue weighted by atomic mass is 9.94. The Bertz CT molecular complexity index is 888. The number of benzene rings is 1. The number of hydrogen-bond donors (Lipinski definition) is 1. The minimum Gasteiger partial charge on any atom is -0.503 e. The van der Waals surface area contributed by atoms with E-state index in [0.29, 0.717) is 6.54 Å². The topological polar surface area (TPSA) is 74.0 Å². The van der Waals surface area contributed by atoms with Gasteiger partial charge in [-0.3, -0.25) is 9.59 Å². The molecule has 28 heavy (non-hydrogen) atoms. The number of carbonyl (C=O) groups is 2. The van der Waals surface area contributed by atoms with Gasteiger partial charge in [0.15, 0.2) is 11.5 Å². The molecule has 1 aromatic heterocycles. The highest BCUT2D eigenvalue weighted by molar-refractivity contribution is 6.15. The Morgan fingerprint density at radius 3 is 2.54 bits per heavy atom. The Balaban J connectivity index is 2.03. The van der Waals surface area contributed by atoms with E-state index in [2.05, 4.69) is 4.90 Å². The molecule has 148 valence electrons. The zero-order valence-electron chi connectivity index (χ0n) is 15.9. The molecule has 1 aliphatic rings. The first-order chi connectivity index (χ1) is 13.5. The summed E-state index contributed by atoms with van der Waals surface area (Å²) in [6, 6.07) is 7.94. The van der Waals surface area contributed by atoms with Gasteiger partial charge in [-0.1, -0.05) is 32.0 Å². The summed E-state index contributed by atoms with van der Waals surface area (Å²) in [5.74, 6) is -2.53. The van der Waals surface area contributed by atoms with Gasteiger partial charge in [-0.2, -0.15) is 0 Å². The van der Waals surface area contributed by atoms with Crippen LogP contribution in [0, 0.1) is 5.82 Å². The first-order valence-electron chi connectivity index (χ1n) is 9.28. The van der Waals surface area contributed by atoms with Crippen LogP contribution < -0.4 is 0 Å². The SMILES string of the molecule is CCN(CC)CCN1C(=O)C(O)=C(C(=O)c2ccco2)C1c1ccccc1F. The Labute approximate surface area is 162 Å². The van der Waals surface area contributed by atoms with Gasteiger partial charge in [0.25, 0.3) is 5.91 Å². The van der Waals surface area contributed by atoms with Crippen molar-refractivity contribution in [1.29, 1.82) is 0 Å². The molecule has 0 bridgehead atoms. The highest BCUT2D eigenvalue weighted by Gasteiger charge is 2.45. The summed E-state index contributed by atoms with van der Waals surface area (Å²) in [6.07, 6.45) is 1.33. The second kappa shape index (κ2) is 8.39.